The SMILES string of the molecule is C[C@@H](CCc1ccccc1)NC(=O)c1cc2n(n1)CCCO2. The van der Waals surface area contributed by atoms with Crippen molar-refractivity contribution in [1.82, 2.24) is 15.1 Å². The molecule has 0 radical (unpaired) electrons. The second kappa shape index (κ2) is 6.64. The highest BCUT2D eigenvalue weighted by Gasteiger charge is 2.18. The maximum absolute atomic E-state index is 12.2. The van der Waals surface area contributed by atoms with Gasteiger partial charge in [-0.05, 0) is 25.3 Å². The number of fused-ring (bicyclic) bond motifs is 1. The molecule has 0 bridgehead atoms. The normalized spacial score (nSPS) is 14.8. The Morgan fingerprint density at radius 3 is 3.00 bits per heavy atom. The van der Waals surface area contributed by atoms with Gasteiger partial charge in [0.1, 0.15) is 0 Å². The molecule has 0 saturated carbocycles. The number of nitrogens with one attached hydrogen (secondary N) is 1. The summed E-state index contributed by atoms with van der Waals surface area (Å²) >= 11 is 0. The van der Waals surface area contributed by atoms with Gasteiger partial charge in [-0.2, -0.15) is 5.10 Å². The third kappa shape index (κ3) is 3.47. The Kier molecular flexibility index (Phi) is 4.42. The molecule has 2 heterocycles. The van der Waals surface area contributed by atoms with E-state index in [0.717, 1.165) is 25.8 Å². The lowest BCUT2D eigenvalue weighted by Gasteiger charge is -2.13. The maximum atomic E-state index is 12.2. The van der Waals surface area contributed by atoms with Crippen LogP contribution in [0.15, 0.2) is 36.4 Å². The van der Waals surface area contributed by atoms with Crippen LogP contribution < -0.4 is 10.1 Å². The first-order valence-corrected chi connectivity index (χ1v) is 7.78. The van der Waals surface area contributed by atoms with Gasteiger partial charge < -0.3 is 10.1 Å². The van der Waals surface area contributed by atoms with Gasteiger partial charge in [-0.15, -0.1) is 0 Å². The summed E-state index contributed by atoms with van der Waals surface area (Å²) in [5.41, 5.74) is 1.72. The molecule has 22 heavy (non-hydrogen) atoms. The Morgan fingerprint density at radius 1 is 1.41 bits per heavy atom. The molecule has 0 spiro atoms. The highest BCUT2D eigenvalue weighted by molar-refractivity contribution is 5.92. The van der Waals surface area contributed by atoms with E-state index in [1.165, 1.54) is 5.56 Å². The number of benzene rings is 1. The molecule has 1 aliphatic heterocycles. The van der Waals surface area contributed by atoms with Gasteiger partial charge >= 0.3 is 0 Å². The van der Waals surface area contributed by atoms with Gasteiger partial charge in [0, 0.05) is 25.1 Å². The summed E-state index contributed by atoms with van der Waals surface area (Å²) in [6, 6.07) is 12.1. The second-order valence-corrected chi connectivity index (χ2v) is 5.69. The largest absolute Gasteiger partial charge is 0.478 e. The Bertz CT molecular complexity index is 613. The number of amides is 1. The number of hydrogen-bond acceptors (Lipinski definition) is 3. The van der Waals surface area contributed by atoms with Crippen molar-refractivity contribution in [2.45, 2.75) is 38.8 Å². The minimum Gasteiger partial charge on any atom is -0.478 e. The number of hydrogen-bond donors (Lipinski definition) is 1. The van der Waals surface area contributed by atoms with Crippen molar-refractivity contribution in [3.63, 3.8) is 0 Å². The Hall–Kier alpha value is -2.30. The average Bonchev–Trinajstić information content (AvgIpc) is 2.98. The van der Waals surface area contributed by atoms with Crippen LogP contribution in [0.2, 0.25) is 0 Å². The highest BCUT2D eigenvalue weighted by atomic mass is 16.5. The van der Waals surface area contributed by atoms with Crippen molar-refractivity contribution in [3.8, 4) is 5.88 Å². The van der Waals surface area contributed by atoms with Crippen LogP contribution in [0.1, 0.15) is 35.8 Å². The van der Waals surface area contributed by atoms with Crippen molar-refractivity contribution in [1.29, 1.82) is 0 Å². The van der Waals surface area contributed by atoms with E-state index < -0.39 is 0 Å². The van der Waals surface area contributed by atoms with E-state index in [-0.39, 0.29) is 11.9 Å². The Morgan fingerprint density at radius 2 is 2.23 bits per heavy atom. The van der Waals surface area contributed by atoms with Crippen molar-refractivity contribution in [3.05, 3.63) is 47.7 Å². The molecule has 1 atom stereocenters. The lowest BCUT2D eigenvalue weighted by atomic mass is 10.1. The first-order valence-electron chi connectivity index (χ1n) is 7.78. The molecule has 5 nitrogen and oxygen atoms in total. The molecule has 0 fully saturated rings. The summed E-state index contributed by atoms with van der Waals surface area (Å²) in [5.74, 6) is 0.555. The summed E-state index contributed by atoms with van der Waals surface area (Å²) < 4.78 is 7.24. The molecule has 1 aromatic heterocycles. The van der Waals surface area contributed by atoms with E-state index in [1.807, 2.05) is 25.1 Å². The van der Waals surface area contributed by atoms with E-state index >= 15 is 0 Å². The van der Waals surface area contributed by atoms with Crippen molar-refractivity contribution in [2.75, 3.05) is 6.61 Å². The number of aromatic nitrogens is 2. The molecular weight excluding hydrogens is 278 g/mol. The molecule has 1 N–H and O–H groups in total. The van der Waals surface area contributed by atoms with Gasteiger partial charge in [0.25, 0.3) is 5.91 Å². The van der Waals surface area contributed by atoms with Crippen LogP contribution >= 0.6 is 0 Å². The van der Waals surface area contributed by atoms with Gasteiger partial charge in [-0.1, -0.05) is 30.3 Å². The summed E-state index contributed by atoms with van der Waals surface area (Å²) in [4.78, 5) is 12.2. The van der Waals surface area contributed by atoms with Gasteiger partial charge in [-0.3, -0.25) is 4.79 Å². The molecule has 0 saturated heterocycles. The fourth-order valence-electron chi connectivity index (χ4n) is 2.58. The lowest BCUT2D eigenvalue weighted by molar-refractivity contribution is 0.0932. The van der Waals surface area contributed by atoms with E-state index in [2.05, 4.69) is 22.5 Å². The standard InChI is InChI=1S/C17H21N3O2/c1-13(8-9-14-6-3-2-4-7-14)18-17(21)15-12-16-20(19-15)10-5-11-22-16/h2-4,6-7,12-13H,5,8-11H2,1H3,(H,18,21)/t13-/m0/s1. The third-order valence-corrected chi connectivity index (χ3v) is 3.83. The molecule has 2 aromatic rings. The van der Waals surface area contributed by atoms with Crippen molar-refractivity contribution in [2.24, 2.45) is 0 Å². The summed E-state index contributed by atoms with van der Waals surface area (Å²) in [5, 5.41) is 7.31. The smallest absolute Gasteiger partial charge is 0.272 e. The molecule has 1 aromatic carbocycles. The minimum absolute atomic E-state index is 0.104. The molecule has 5 heteroatoms. The van der Waals surface area contributed by atoms with Gasteiger partial charge in [0.05, 0.1) is 6.61 Å². The molecular formula is C17H21N3O2. The van der Waals surface area contributed by atoms with Crippen molar-refractivity contribution >= 4 is 5.91 Å². The molecule has 116 valence electrons. The van der Waals surface area contributed by atoms with Crippen LogP contribution in [-0.2, 0) is 13.0 Å². The molecule has 1 amide bonds. The molecule has 0 aliphatic carbocycles. The maximum Gasteiger partial charge on any atom is 0.272 e. The number of carbonyl (C=O) groups excluding carboxylic acids is 1. The Balaban J connectivity index is 1.53. The van der Waals surface area contributed by atoms with E-state index in [9.17, 15) is 4.79 Å². The van der Waals surface area contributed by atoms with Crippen molar-refractivity contribution < 1.29 is 9.53 Å². The monoisotopic (exact) mass is 299 g/mol. The van der Waals surface area contributed by atoms with Crippen LogP contribution in [0.25, 0.3) is 0 Å². The van der Waals surface area contributed by atoms with Gasteiger partial charge in [-0.25, -0.2) is 4.68 Å². The fourth-order valence-corrected chi connectivity index (χ4v) is 2.58. The topological polar surface area (TPSA) is 56.2 Å². The first-order chi connectivity index (χ1) is 10.7. The third-order valence-electron chi connectivity index (χ3n) is 3.83. The van der Waals surface area contributed by atoms with Crippen LogP contribution in [0.3, 0.4) is 0 Å². The fraction of sp³-hybridized carbons (Fsp3) is 0.412. The Labute approximate surface area is 130 Å². The van der Waals surface area contributed by atoms with Gasteiger partial charge in [0.2, 0.25) is 5.88 Å². The number of carbonyl (C=O) groups is 1. The zero-order chi connectivity index (χ0) is 15.4. The first kappa shape index (κ1) is 14.6. The van der Waals surface area contributed by atoms with E-state index in [4.69, 9.17) is 4.74 Å². The van der Waals surface area contributed by atoms with E-state index in [0.29, 0.717) is 18.2 Å². The van der Waals surface area contributed by atoms with Gasteiger partial charge in [0.15, 0.2) is 5.69 Å². The number of rotatable bonds is 5. The summed E-state index contributed by atoms with van der Waals surface area (Å²) in [7, 11) is 0. The zero-order valence-corrected chi connectivity index (χ0v) is 12.8. The van der Waals surface area contributed by atoms with E-state index in [1.54, 1.807) is 10.7 Å². The number of ether oxygens (including phenoxy) is 1. The molecule has 0 unspecified atom stereocenters. The summed E-state index contributed by atoms with van der Waals surface area (Å²) in [6.07, 6.45) is 2.79. The van der Waals surface area contributed by atoms with Crippen LogP contribution in [0.4, 0.5) is 0 Å². The number of nitrogens with zero attached hydrogens (tertiary/aromatic N) is 2. The lowest BCUT2D eigenvalue weighted by Crippen LogP contribution is -2.33. The minimum atomic E-state index is -0.133. The molecule has 3 rings (SSSR count). The predicted molar refractivity (Wildman–Crippen MR) is 84.0 cm³/mol. The van der Waals surface area contributed by atoms with Crippen LogP contribution in [0.5, 0.6) is 5.88 Å². The second-order valence-electron chi connectivity index (χ2n) is 5.69. The zero-order valence-electron chi connectivity index (χ0n) is 12.8. The quantitative estimate of drug-likeness (QED) is 0.922. The number of aryl methyl sites for hydroxylation is 2. The predicted octanol–water partition coefficient (Wildman–Crippen LogP) is 2.42. The van der Waals surface area contributed by atoms with Crippen LogP contribution in [-0.4, -0.2) is 28.3 Å². The summed E-state index contributed by atoms with van der Waals surface area (Å²) in [6.45, 7) is 3.53. The highest BCUT2D eigenvalue weighted by Crippen LogP contribution is 2.18. The average molecular weight is 299 g/mol. The molecule has 1 aliphatic rings. The van der Waals surface area contributed by atoms with Crippen LogP contribution in [0, 0.1) is 0 Å².